The van der Waals surface area contributed by atoms with E-state index >= 15 is 0 Å². The van der Waals surface area contributed by atoms with E-state index in [1.807, 2.05) is 37.1 Å². The molecule has 0 radical (unpaired) electrons. The largest absolute Gasteiger partial charge is 0.342 e. The highest BCUT2D eigenvalue weighted by Gasteiger charge is 2.57. The van der Waals surface area contributed by atoms with E-state index in [9.17, 15) is 9.59 Å². The number of carbonyl (C=O) groups excluding carboxylic acids is 2. The van der Waals surface area contributed by atoms with Gasteiger partial charge in [-0.3, -0.25) is 9.59 Å². The number of hydrogen-bond acceptors (Lipinski definition) is 3. The molecule has 1 N–H and O–H groups in total. The van der Waals surface area contributed by atoms with E-state index in [0.29, 0.717) is 12.5 Å². The first kappa shape index (κ1) is 14.6. The fraction of sp³-hybridized carbons (Fsp3) is 0.625. The third kappa shape index (κ3) is 2.37. The van der Waals surface area contributed by atoms with Gasteiger partial charge in [-0.1, -0.05) is 13.8 Å². The topological polar surface area (TPSA) is 49.4 Å². The molecule has 1 saturated heterocycles. The minimum atomic E-state index is -0.690. The van der Waals surface area contributed by atoms with Crippen LogP contribution in [0.1, 0.15) is 39.2 Å². The zero-order chi connectivity index (χ0) is 15.2. The van der Waals surface area contributed by atoms with E-state index < -0.39 is 11.6 Å². The van der Waals surface area contributed by atoms with Gasteiger partial charge in [0.2, 0.25) is 11.8 Å². The average Bonchev–Trinajstić information content (AvgIpc) is 3.17. The summed E-state index contributed by atoms with van der Waals surface area (Å²) in [5.74, 6) is 0.479. The normalized spacial score (nSPS) is 29.9. The molecule has 5 heteroatoms. The minimum absolute atomic E-state index is 0.0125. The van der Waals surface area contributed by atoms with Crippen LogP contribution in [-0.4, -0.2) is 28.3 Å². The number of carbonyl (C=O) groups is 2. The predicted molar refractivity (Wildman–Crippen MR) is 82.8 cm³/mol. The highest BCUT2D eigenvalue weighted by molar-refractivity contribution is 7.07. The van der Waals surface area contributed by atoms with Gasteiger partial charge in [0, 0.05) is 6.54 Å². The van der Waals surface area contributed by atoms with Gasteiger partial charge in [0.25, 0.3) is 0 Å². The second-order valence-electron chi connectivity index (χ2n) is 6.67. The highest BCUT2D eigenvalue weighted by atomic mass is 32.1. The van der Waals surface area contributed by atoms with Crippen molar-refractivity contribution in [1.82, 2.24) is 10.2 Å². The summed E-state index contributed by atoms with van der Waals surface area (Å²) in [6, 6.07) is 1.63. The molecule has 4 nitrogen and oxygen atoms in total. The smallest absolute Gasteiger partial charge is 0.246 e. The molecular formula is C16H22N2O2S. The van der Waals surface area contributed by atoms with Crippen LogP contribution >= 0.6 is 11.3 Å². The van der Waals surface area contributed by atoms with Crippen LogP contribution in [0.15, 0.2) is 16.8 Å². The van der Waals surface area contributed by atoms with Gasteiger partial charge in [-0.05, 0) is 54.0 Å². The fourth-order valence-electron chi connectivity index (χ4n) is 3.18. The summed E-state index contributed by atoms with van der Waals surface area (Å²) < 4.78 is 0. The molecule has 2 fully saturated rings. The van der Waals surface area contributed by atoms with E-state index in [0.717, 1.165) is 18.4 Å². The quantitative estimate of drug-likeness (QED) is 0.928. The summed E-state index contributed by atoms with van der Waals surface area (Å²) in [5, 5.41) is 7.02. The Morgan fingerprint density at radius 3 is 2.67 bits per heavy atom. The van der Waals surface area contributed by atoms with Gasteiger partial charge in [0.15, 0.2) is 0 Å². The predicted octanol–water partition coefficient (Wildman–Crippen LogP) is 2.40. The SMILES string of the molecule is CC(C)C1NC(=O)C(C)(C2CC2)N(Cc2ccsc2)C1=O. The molecule has 21 heavy (non-hydrogen) atoms. The minimum Gasteiger partial charge on any atom is -0.342 e. The van der Waals surface area contributed by atoms with Crippen LogP contribution in [0.3, 0.4) is 0 Å². The van der Waals surface area contributed by atoms with Crippen LogP contribution in [0, 0.1) is 11.8 Å². The molecule has 0 aromatic carbocycles. The van der Waals surface area contributed by atoms with Crippen LogP contribution in [0.25, 0.3) is 0 Å². The van der Waals surface area contributed by atoms with Crippen molar-refractivity contribution in [3.8, 4) is 0 Å². The van der Waals surface area contributed by atoms with Crippen molar-refractivity contribution in [3.05, 3.63) is 22.4 Å². The molecule has 1 aliphatic heterocycles. The zero-order valence-corrected chi connectivity index (χ0v) is 13.6. The van der Waals surface area contributed by atoms with Gasteiger partial charge in [-0.15, -0.1) is 0 Å². The summed E-state index contributed by atoms with van der Waals surface area (Å²) in [6.07, 6.45) is 2.06. The number of piperazine rings is 1. The first-order valence-corrected chi connectivity index (χ1v) is 8.52. The van der Waals surface area contributed by atoms with Crippen molar-refractivity contribution in [3.63, 3.8) is 0 Å². The monoisotopic (exact) mass is 306 g/mol. The van der Waals surface area contributed by atoms with E-state index in [1.54, 1.807) is 11.3 Å². The van der Waals surface area contributed by atoms with Gasteiger partial charge in [0.1, 0.15) is 11.6 Å². The number of thiophene rings is 1. The first-order chi connectivity index (χ1) is 9.94. The highest BCUT2D eigenvalue weighted by Crippen LogP contribution is 2.45. The molecule has 1 aromatic rings. The lowest BCUT2D eigenvalue weighted by atomic mass is 9.85. The summed E-state index contributed by atoms with van der Waals surface area (Å²) in [5.41, 5.74) is 0.419. The van der Waals surface area contributed by atoms with Crippen molar-refractivity contribution in [2.45, 2.75) is 51.7 Å². The third-order valence-corrected chi connectivity index (χ3v) is 5.53. The molecule has 1 aliphatic carbocycles. The molecule has 2 aliphatic rings. The molecule has 2 amide bonds. The number of nitrogens with zero attached hydrogens (tertiary/aromatic N) is 1. The second kappa shape index (κ2) is 5.13. The molecule has 1 aromatic heterocycles. The Labute approximate surface area is 129 Å². The van der Waals surface area contributed by atoms with Crippen molar-refractivity contribution in [1.29, 1.82) is 0 Å². The van der Waals surface area contributed by atoms with Gasteiger partial charge >= 0.3 is 0 Å². The molecule has 0 spiro atoms. The molecule has 114 valence electrons. The van der Waals surface area contributed by atoms with Crippen LogP contribution in [0.5, 0.6) is 0 Å². The van der Waals surface area contributed by atoms with Crippen LogP contribution in [0.2, 0.25) is 0 Å². The Hall–Kier alpha value is -1.36. The van der Waals surface area contributed by atoms with Crippen LogP contribution < -0.4 is 5.32 Å². The lowest BCUT2D eigenvalue weighted by Crippen LogP contribution is -2.71. The molecular weight excluding hydrogens is 284 g/mol. The van der Waals surface area contributed by atoms with Crippen LogP contribution in [0.4, 0.5) is 0 Å². The Kier molecular flexibility index (Phi) is 3.56. The maximum absolute atomic E-state index is 12.9. The Balaban J connectivity index is 1.95. The maximum Gasteiger partial charge on any atom is 0.246 e. The van der Waals surface area contributed by atoms with Gasteiger partial charge in [-0.2, -0.15) is 11.3 Å². The summed E-state index contributed by atoms with van der Waals surface area (Å²) in [4.78, 5) is 27.4. The van der Waals surface area contributed by atoms with Gasteiger partial charge in [-0.25, -0.2) is 0 Å². The van der Waals surface area contributed by atoms with E-state index in [4.69, 9.17) is 0 Å². The van der Waals surface area contributed by atoms with Crippen LogP contribution in [-0.2, 0) is 16.1 Å². The molecule has 3 rings (SSSR count). The Morgan fingerprint density at radius 2 is 2.14 bits per heavy atom. The van der Waals surface area contributed by atoms with Gasteiger partial charge in [0.05, 0.1) is 0 Å². The fourth-order valence-corrected chi connectivity index (χ4v) is 3.84. The third-order valence-electron chi connectivity index (χ3n) is 4.80. The number of amides is 2. The van der Waals surface area contributed by atoms with Crippen molar-refractivity contribution < 1.29 is 9.59 Å². The molecule has 2 unspecified atom stereocenters. The number of nitrogens with one attached hydrogen (secondary N) is 1. The van der Waals surface area contributed by atoms with E-state index in [-0.39, 0.29) is 17.7 Å². The Bertz CT molecular complexity index is 551. The van der Waals surface area contributed by atoms with Crippen molar-refractivity contribution >= 4 is 23.2 Å². The lowest BCUT2D eigenvalue weighted by Gasteiger charge is -2.47. The standard InChI is InChI=1S/C16H22N2O2S/c1-10(2)13-14(19)18(8-11-6-7-21-9-11)16(3,12-4-5-12)15(20)17-13/h6-7,9-10,12-13H,4-5,8H2,1-3H3,(H,17,20). The summed E-state index contributed by atoms with van der Waals surface area (Å²) >= 11 is 1.62. The molecule has 1 saturated carbocycles. The summed E-state index contributed by atoms with van der Waals surface area (Å²) in [7, 11) is 0. The lowest BCUT2D eigenvalue weighted by molar-refractivity contribution is -0.160. The number of hydrogen-bond donors (Lipinski definition) is 1. The molecule has 0 bridgehead atoms. The molecule has 2 atom stereocenters. The maximum atomic E-state index is 12.9. The first-order valence-electron chi connectivity index (χ1n) is 7.58. The zero-order valence-electron chi connectivity index (χ0n) is 12.8. The van der Waals surface area contributed by atoms with Crippen molar-refractivity contribution in [2.75, 3.05) is 0 Å². The van der Waals surface area contributed by atoms with E-state index in [1.165, 1.54) is 0 Å². The Morgan fingerprint density at radius 1 is 1.43 bits per heavy atom. The molecule has 2 heterocycles. The van der Waals surface area contributed by atoms with Crippen molar-refractivity contribution in [2.24, 2.45) is 11.8 Å². The summed E-state index contributed by atoms with van der Waals surface area (Å²) in [6.45, 7) is 6.42. The second-order valence-corrected chi connectivity index (χ2v) is 7.45. The number of rotatable bonds is 4. The average molecular weight is 306 g/mol. The van der Waals surface area contributed by atoms with E-state index in [2.05, 4.69) is 10.7 Å². The van der Waals surface area contributed by atoms with Gasteiger partial charge < -0.3 is 10.2 Å².